The van der Waals surface area contributed by atoms with Crippen LogP contribution in [0.5, 0.6) is 11.5 Å². The van der Waals surface area contributed by atoms with Gasteiger partial charge in [-0.2, -0.15) is 0 Å². The smallest absolute Gasteiger partial charge is 0.127 e. The standard InChI is InChI=1S/C8H9O2/c1-2-6-3-4-7(9)5-8(6)10/h3,5,9-10H,2H2,1H3. The molecule has 0 saturated heterocycles. The fourth-order valence-corrected chi connectivity index (χ4v) is 0.782. The zero-order valence-corrected chi connectivity index (χ0v) is 5.76. The predicted octanol–water partition coefficient (Wildman–Crippen LogP) is 1.46. The Labute approximate surface area is 59.7 Å². The largest absolute Gasteiger partial charge is 0.508 e. The van der Waals surface area contributed by atoms with Crippen LogP contribution in [-0.2, 0) is 6.42 Å². The van der Waals surface area contributed by atoms with Gasteiger partial charge in [-0.3, -0.25) is 0 Å². The number of aromatic hydroxyl groups is 2. The molecule has 0 fully saturated rings. The second-order valence-electron chi connectivity index (χ2n) is 2.08. The van der Waals surface area contributed by atoms with Crippen molar-refractivity contribution in [3.8, 4) is 11.5 Å². The summed E-state index contributed by atoms with van der Waals surface area (Å²) in [5.41, 5.74) is 0.804. The monoisotopic (exact) mass is 137 g/mol. The van der Waals surface area contributed by atoms with E-state index in [1.54, 1.807) is 6.07 Å². The first-order chi connectivity index (χ1) is 4.74. The second-order valence-corrected chi connectivity index (χ2v) is 2.08. The molecule has 0 unspecified atom stereocenters. The number of phenolic OH excluding ortho intramolecular Hbond substituents is 2. The molecule has 0 aliphatic carbocycles. The Balaban J connectivity index is 3.07. The van der Waals surface area contributed by atoms with Gasteiger partial charge in [-0.25, -0.2) is 0 Å². The number of hydrogen-bond donors (Lipinski definition) is 2. The first-order valence-corrected chi connectivity index (χ1v) is 3.16. The quantitative estimate of drug-likeness (QED) is 0.615. The second kappa shape index (κ2) is 2.60. The molecule has 2 heteroatoms. The Morgan fingerprint density at radius 2 is 2.20 bits per heavy atom. The van der Waals surface area contributed by atoms with E-state index in [1.165, 1.54) is 6.07 Å². The van der Waals surface area contributed by atoms with Crippen LogP contribution in [0.15, 0.2) is 12.1 Å². The Morgan fingerprint density at radius 1 is 1.50 bits per heavy atom. The summed E-state index contributed by atoms with van der Waals surface area (Å²) >= 11 is 0. The molecule has 0 amide bonds. The van der Waals surface area contributed by atoms with E-state index in [0.29, 0.717) is 0 Å². The lowest BCUT2D eigenvalue weighted by Crippen LogP contribution is -1.79. The van der Waals surface area contributed by atoms with E-state index >= 15 is 0 Å². The molecule has 2 N–H and O–H groups in total. The third-order valence-corrected chi connectivity index (χ3v) is 1.38. The minimum atomic E-state index is -0.0188. The maximum atomic E-state index is 9.11. The highest BCUT2D eigenvalue weighted by atomic mass is 16.3. The van der Waals surface area contributed by atoms with Crippen LogP contribution in [0.25, 0.3) is 0 Å². The highest BCUT2D eigenvalue weighted by molar-refractivity contribution is 5.37. The molecule has 0 aliphatic heterocycles. The lowest BCUT2D eigenvalue weighted by atomic mass is 10.1. The van der Waals surface area contributed by atoms with Crippen LogP contribution < -0.4 is 0 Å². The molecule has 0 saturated carbocycles. The summed E-state index contributed by atoms with van der Waals surface area (Å²) in [6, 6.07) is 5.47. The van der Waals surface area contributed by atoms with E-state index in [0.717, 1.165) is 12.0 Å². The number of benzene rings is 1. The van der Waals surface area contributed by atoms with Gasteiger partial charge in [0.1, 0.15) is 11.5 Å². The third kappa shape index (κ3) is 1.21. The maximum absolute atomic E-state index is 9.11. The summed E-state index contributed by atoms with van der Waals surface area (Å²) in [6.45, 7) is 1.93. The molecule has 1 radical (unpaired) electrons. The average molecular weight is 137 g/mol. The van der Waals surface area contributed by atoms with Gasteiger partial charge in [0, 0.05) is 12.1 Å². The lowest BCUT2D eigenvalue weighted by molar-refractivity contribution is 0.446. The first kappa shape index (κ1) is 6.93. The molecule has 1 rings (SSSR count). The molecule has 0 bridgehead atoms. The van der Waals surface area contributed by atoms with Gasteiger partial charge >= 0.3 is 0 Å². The minimum absolute atomic E-state index is 0.0188. The van der Waals surface area contributed by atoms with Crippen LogP contribution in [-0.4, -0.2) is 10.2 Å². The van der Waals surface area contributed by atoms with Crippen LogP contribution >= 0.6 is 0 Å². The SMILES string of the molecule is CCc1c[c]c(O)cc1O. The Kier molecular flexibility index (Phi) is 1.81. The van der Waals surface area contributed by atoms with Crippen molar-refractivity contribution >= 4 is 0 Å². The van der Waals surface area contributed by atoms with Gasteiger partial charge in [-0.15, -0.1) is 0 Å². The highest BCUT2D eigenvalue weighted by Crippen LogP contribution is 2.21. The van der Waals surface area contributed by atoms with Crippen LogP contribution in [0.4, 0.5) is 0 Å². The Morgan fingerprint density at radius 3 is 2.70 bits per heavy atom. The molecule has 1 aromatic carbocycles. The van der Waals surface area contributed by atoms with E-state index in [4.69, 9.17) is 10.2 Å². The van der Waals surface area contributed by atoms with Crippen molar-refractivity contribution in [1.29, 1.82) is 0 Å². The zero-order chi connectivity index (χ0) is 7.56. The van der Waals surface area contributed by atoms with Gasteiger partial charge in [0.05, 0.1) is 0 Å². The van der Waals surface area contributed by atoms with Crippen LogP contribution in [0.2, 0.25) is 0 Å². The van der Waals surface area contributed by atoms with Gasteiger partial charge in [0.2, 0.25) is 0 Å². The molecule has 53 valence electrons. The van der Waals surface area contributed by atoms with Crippen molar-refractivity contribution in [3.63, 3.8) is 0 Å². The van der Waals surface area contributed by atoms with Crippen molar-refractivity contribution in [2.75, 3.05) is 0 Å². The van der Waals surface area contributed by atoms with Gasteiger partial charge in [-0.1, -0.05) is 6.92 Å². The number of hydrogen-bond acceptors (Lipinski definition) is 2. The number of aryl methyl sites for hydroxylation is 1. The highest BCUT2D eigenvalue weighted by Gasteiger charge is 1.98. The third-order valence-electron chi connectivity index (χ3n) is 1.38. The fourth-order valence-electron chi connectivity index (χ4n) is 0.782. The molecular formula is C8H9O2. The number of phenols is 2. The normalized spacial score (nSPS) is 9.70. The lowest BCUT2D eigenvalue weighted by Gasteiger charge is -1.99. The minimum Gasteiger partial charge on any atom is -0.508 e. The predicted molar refractivity (Wildman–Crippen MR) is 38.0 cm³/mol. The van der Waals surface area contributed by atoms with E-state index in [1.807, 2.05) is 6.92 Å². The zero-order valence-electron chi connectivity index (χ0n) is 5.76. The molecule has 2 nitrogen and oxygen atoms in total. The molecule has 0 heterocycles. The molecule has 0 atom stereocenters. The summed E-state index contributed by atoms with van der Waals surface area (Å²) in [5.74, 6) is 0.119. The molecule has 10 heavy (non-hydrogen) atoms. The van der Waals surface area contributed by atoms with E-state index < -0.39 is 0 Å². The van der Waals surface area contributed by atoms with Gasteiger partial charge in [-0.05, 0) is 18.1 Å². The molecule has 0 aromatic heterocycles. The van der Waals surface area contributed by atoms with Gasteiger partial charge in [0.15, 0.2) is 0 Å². The topological polar surface area (TPSA) is 40.5 Å². The first-order valence-electron chi connectivity index (χ1n) is 3.16. The molecule has 0 aliphatic rings. The molecule has 0 spiro atoms. The van der Waals surface area contributed by atoms with Crippen molar-refractivity contribution in [1.82, 2.24) is 0 Å². The van der Waals surface area contributed by atoms with Gasteiger partial charge < -0.3 is 10.2 Å². The molecular weight excluding hydrogens is 128 g/mol. The van der Waals surface area contributed by atoms with E-state index in [2.05, 4.69) is 6.07 Å². The average Bonchev–Trinajstić information content (AvgIpc) is 1.88. The van der Waals surface area contributed by atoms with Crippen LogP contribution in [0.1, 0.15) is 12.5 Å². The Hall–Kier alpha value is -1.18. The summed E-state index contributed by atoms with van der Waals surface area (Å²) in [4.78, 5) is 0. The summed E-state index contributed by atoms with van der Waals surface area (Å²) in [5, 5.41) is 17.9. The van der Waals surface area contributed by atoms with E-state index in [9.17, 15) is 0 Å². The van der Waals surface area contributed by atoms with Crippen molar-refractivity contribution in [3.05, 3.63) is 23.8 Å². The summed E-state index contributed by atoms with van der Waals surface area (Å²) in [6.07, 6.45) is 0.753. The van der Waals surface area contributed by atoms with Crippen molar-refractivity contribution < 1.29 is 10.2 Å². The fraction of sp³-hybridized carbons (Fsp3) is 0.250. The Bertz CT molecular complexity index is 231. The van der Waals surface area contributed by atoms with Gasteiger partial charge in [0.25, 0.3) is 0 Å². The number of rotatable bonds is 1. The molecule has 1 aromatic rings. The van der Waals surface area contributed by atoms with Crippen LogP contribution in [0, 0.1) is 6.07 Å². The van der Waals surface area contributed by atoms with E-state index in [-0.39, 0.29) is 11.5 Å². The summed E-state index contributed by atoms with van der Waals surface area (Å²) < 4.78 is 0. The summed E-state index contributed by atoms with van der Waals surface area (Å²) in [7, 11) is 0. The van der Waals surface area contributed by atoms with Crippen molar-refractivity contribution in [2.24, 2.45) is 0 Å². The van der Waals surface area contributed by atoms with Crippen molar-refractivity contribution in [2.45, 2.75) is 13.3 Å². The maximum Gasteiger partial charge on any atom is 0.127 e. The van der Waals surface area contributed by atoms with Crippen LogP contribution in [0.3, 0.4) is 0 Å².